The number of fused-ring (bicyclic) bond motifs is 1. The molecule has 6 heteroatoms. The number of hydrogen-bond donors (Lipinski definition) is 2. The Bertz CT molecular complexity index is 691. The van der Waals surface area contributed by atoms with E-state index in [2.05, 4.69) is 10.3 Å². The van der Waals surface area contributed by atoms with Crippen LogP contribution in [0.1, 0.15) is 37.2 Å². The zero-order chi connectivity index (χ0) is 16.1. The number of aromatic nitrogens is 1. The minimum absolute atomic E-state index is 0.142. The third-order valence-electron chi connectivity index (χ3n) is 3.23. The van der Waals surface area contributed by atoms with Gasteiger partial charge < -0.3 is 19.8 Å². The van der Waals surface area contributed by atoms with E-state index in [1.54, 1.807) is 32.2 Å². The molecule has 0 saturated carbocycles. The van der Waals surface area contributed by atoms with Gasteiger partial charge >= 0.3 is 5.97 Å². The van der Waals surface area contributed by atoms with Crippen LogP contribution in [0, 0.1) is 0 Å². The number of methoxy groups -OCH3 is 1. The van der Waals surface area contributed by atoms with E-state index in [4.69, 9.17) is 9.47 Å². The lowest BCUT2D eigenvalue weighted by atomic mass is 10.2. The monoisotopic (exact) mass is 304 g/mol. The minimum Gasteiger partial charge on any atom is -0.497 e. The van der Waals surface area contributed by atoms with Gasteiger partial charge in [-0.15, -0.1) is 0 Å². The molecule has 2 aromatic rings. The summed E-state index contributed by atoms with van der Waals surface area (Å²) in [5, 5.41) is 3.51. The number of ether oxygens (including phenoxy) is 2. The van der Waals surface area contributed by atoms with Gasteiger partial charge in [-0.3, -0.25) is 4.79 Å². The van der Waals surface area contributed by atoms with Crippen molar-refractivity contribution in [3.05, 3.63) is 23.9 Å². The Morgan fingerprint density at radius 2 is 2.05 bits per heavy atom. The fourth-order valence-electron chi connectivity index (χ4n) is 2.21. The van der Waals surface area contributed by atoms with E-state index in [-0.39, 0.29) is 18.2 Å². The Morgan fingerprint density at radius 3 is 2.68 bits per heavy atom. The summed E-state index contributed by atoms with van der Waals surface area (Å²) < 4.78 is 10.2. The fourth-order valence-corrected chi connectivity index (χ4v) is 2.21. The first-order valence-corrected chi connectivity index (χ1v) is 7.27. The SMILES string of the molecule is CCCC(=O)Nc1c(C(=O)OCC)[nH]c2ccc(OC)cc12. The summed E-state index contributed by atoms with van der Waals surface area (Å²) in [6.07, 6.45) is 1.12. The van der Waals surface area contributed by atoms with E-state index in [0.29, 0.717) is 23.2 Å². The fraction of sp³-hybridized carbons (Fsp3) is 0.375. The first-order valence-electron chi connectivity index (χ1n) is 7.27. The molecule has 0 aliphatic carbocycles. The van der Waals surface area contributed by atoms with Gasteiger partial charge in [0.15, 0.2) is 0 Å². The van der Waals surface area contributed by atoms with Crippen LogP contribution in [0.3, 0.4) is 0 Å². The molecule has 0 unspecified atom stereocenters. The van der Waals surface area contributed by atoms with Gasteiger partial charge in [0.1, 0.15) is 11.4 Å². The summed E-state index contributed by atoms with van der Waals surface area (Å²) in [4.78, 5) is 27.0. The third-order valence-corrected chi connectivity index (χ3v) is 3.23. The third kappa shape index (κ3) is 3.21. The van der Waals surface area contributed by atoms with E-state index in [9.17, 15) is 9.59 Å². The first kappa shape index (κ1) is 15.9. The van der Waals surface area contributed by atoms with Gasteiger partial charge in [-0.05, 0) is 31.5 Å². The number of anilines is 1. The van der Waals surface area contributed by atoms with E-state index in [1.165, 1.54) is 0 Å². The minimum atomic E-state index is -0.496. The van der Waals surface area contributed by atoms with Crippen LogP contribution in [0.25, 0.3) is 10.9 Å². The van der Waals surface area contributed by atoms with Crippen LogP contribution in [0.15, 0.2) is 18.2 Å². The molecule has 118 valence electrons. The van der Waals surface area contributed by atoms with Crippen molar-refractivity contribution in [1.82, 2.24) is 4.98 Å². The average molecular weight is 304 g/mol. The molecule has 0 fully saturated rings. The predicted octanol–water partition coefficient (Wildman–Crippen LogP) is 3.09. The van der Waals surface area contributed by atoms with Crippen molar-refractivity contribution in [2.45, 2.75) is 26.7 Å². The number of nitrogens with one attached hydrogen (secondary N) is 2. The Morgan fingerprint density at radius 1 is 1.27 bits per heavy atom. The van der Waals surface area contributed by atoms with Crippen molar-refractivity contribution >= 4 is 28.5 Å². The topological polar surface area (TPSA) is 80.4 Å². The number of benzene rings is 1. The van der Waals surface area contributed by atoms with Gasteiger partial charge in [0.05, 0.1) is 19.4 Å². The van der Waals surface area contributed by atoms with Crippen molar-refractivity contribution in [2.24, 2.45) is 0 Å². The molecular formula is C16H20N2O4. The van der Waals surface area contributed by atoms with Crippen LogP contribution in [0.4, 0.5) is 5.69 Å². The summed E-state index contributed by atoms with van der Waals surface area (Å²) in [6, 6.07) is 5.36. The molecule has 1 heterocycles. The molecule has 0 aliphatic heterocycles. The molecule has 0 aliphatic rings. The largest absolute Gasteiger partial charge is 0.497 e. The first-order chi connectivity index (χ1) is 10.6. The van der Waals surface area contributed by atoms with Crippen LogP contribution in [-0.4, -0.2) is 30.6 Å². The summed E-state index contributed by atoms with van der Waals surface area (Å²) in [6.45, 7) is 3.92. The van der Waals surface area contributed by atoms with Crippen LogP contribution in [0.2, 0.25) is 0 Å². The van der Waals surface area contributed by atoms with E-state index in [1.807, 2.05) is 6.92 Å². The van der Waals surface area contributed by atoms with Gasteiger partial charge in [0.2, 0.25) is 5.91 Å². The van der Waals surface area contributed by atoms with Gasteiger partial charge in [-0.1, -0.05) is 6.92 Å². The van der Waals surface area contributed by atoms with Crippen molar-refractivity contribution < 1.29 is 19.1 Å². The van der Waals surface area contributed by atoms with Crippen LogP contribution >= 0.6 is 0 Å². The molecule has 6 nitrogen and oxygen atoms in total. The molecule has 1 amide bonds. The lowest BCUT2D eigenvalue weighted by molar-refractivity contribution is -0.116. The second kappa shape index (κ2) is 6.98. The molecular weight excluding hydrogens is 284 g/mol. The number of esters is 1. The number of rotatable bonds is 6. The van der Waals surface area contributed by atoms with E-state index < -0.39 is 5.97 Å². The summed E-state index contributed by atoms with van der Waals surface area (Å²) in [7, 11) is 1.56. The number of carbonyl (C=O) groups is 2. The molecule has 22 heavy (non-hydrogen) atoms. The number of aromatic amines is 1. The maximum absolute atomic E-state index is 12.1. The highest BCUT2D eigenvalue weighted by Crippen LogP contribution is 2.31. The highest BCUT2D eigenvalue weighted by Gasteiger charge is 2.20. The van der Waals surface area contributed by atoms with E-state index >= 15 is 0 Å². The second-order valence-corrected chi connectivity index (χ2v) is 4.81. The van der Waals surface area contributed by atoms with Gasteiger partial charge in [-0.2, -0.15) is 0 Å². The molecule has 0 bridgehead atoms. The molecule has 2 rings (SSSR count). The van der Waals surface area contributed by atoms with Crippen molar-refractivity contribution in [3.63, 3.8) is 0 Å². The van der Waals surface area contributed by atoms with E-state index in [0.717, 1.165) is 11.9 Å². The molecule has 0 saturated heterocycles. The van der Waals surface area contributed by atoms with Gasteiger partial charge in [0.25, 0.3) is 0 Å². The normalized spacial score (nSPS) is 10.5. The smallest absolute Gasteiger partial charge is 0.356 e. The van der Waals surface area contributed by atoms with Crippen molar-refractivity contribution in [1.29, 1.82) is 0 Å². The summed E-state index contributed by atoms with van der Waals surface area (Å²) in [5.74, 6) is 0.00846. The Kier molecular flexibility index (Phi) is 5.04. The van der Waals surface area contributed by atoms with Crippen molar-refractivity contribution in [2.75, 3.05) is 19.0 Å². The number of H-pyrrole nitrogens is 1. The molecule has 0 spiro atoms. The number of carbonyl (C=O) groups excluding carboxylic acids is 2. The molecule has 1 aromatic carbocycles. The zero-order valence-electron chi connectivity index (χ0n) is 13.0. The molecule has 0 atom stereocenters. The number of amides is 1. The second-order valence-electron chi connectivity index (χ2n) is 4.81. The van der Waals surface area contributed by atoms with Crippen molar-refractivity contribution in [3.8, 4) is 5.75 Å². The van der Waals surface area contributed by atoms with Gasteiger partial charge in [0, 0.05) is 17.3 Å². The highest BCUT2D eigenvalue weighted by atomic mass is 16.5. The maximum atomic E-state index is 12.1. The number of hydrogen-bond acceptors (Lipinski definition) is 4. The van der Waals surface area contributed by atoms with Crippen LogP contribution in [-0.2, 0) is 9.53 Å². The highest BCUT2D eigenvalue weighted by molar-refractivity contribution is 6.11. The average Bonchev–Trinajstić information content (AvgIpc) is 2.85. The lowest BCUT2D eigenvalue weighted by Crippen LogP contribution is -2.14. The Hall–Kier alpha value is -2.50. The van der Waals surface area contributed by atoms with Crippen LogP contribution < -0.4 is 10.1 Å². The van der Waals surface area contributed by atoms with Gasteiger partial charge in [-0.25, -0.2) is 4.79 Å². The predicted molar refractivity (Wildman–Crippen MR) is 84.3 cm³/mol. The maximum Gasteiger partial charge on any atom is 0.356 e. The quantitative estimate of drug-likeness (QED) is 0.804. The summed E-state index contributed by atoms with van der Waals surface area (Å²) in [5.41, 5.74) is 1.41. The molecule has 1 aromatic heterocycles. The summed E-state index contributed by atoms with van der Waals surface area (Å²) >= 11 is 0. The molecule has 2 N–H and O–H groups in total. The molecule has 0 radical (unpaired) electrons. The Balaban J connectivity index is 2.51. The zero-order valence-corrected chi connectivity index (χ0v) is 13.0. The Labute approximate surface area is 128 Å². The standard InChI is InChI=1S/C16H20N2O4/c1-4-6-13(19)18-14-11-9-10(21-3)7-8-12(11)17-15(14)16(20)22-5-2/h7-9,17H,4-6H2,1-3H3,(H,18,19). The lowest BCUT2D eigenvalue weighted by Gasteiger charge is -2.07. The van der Waals surface area contributed by atoms with Crippen LogP contribution in [0.5, 0.6) is 5.75 Å².